The second kappa shape index (κ2) is 12.4. The summed E-state index contributed by atoms with van der Waals surface area (Å²) in [6.45, 7) is 7.48. The molecule has 4 aromatic rings. The van der Waals surface area contributed by atoms with Crippen molar-refractivity contribution in [2.45, 2.75) is 26.9 Å². The van der Waals surface area contributed by atoms with Crippen LogP contribution in [-0.4, -0.2) is 24.2 Å². The van der Waals surface area contributed by atoms with Gasteiger partial charge in [0.15, 0.2) is 0 Å². The van der Waals surface area contributed by atoms with Gasteiger partial charge >= 0.3 is 5.97 Å². The van der Waals surface area contributed by atoms with Crippen molar-refractivity contribution in [1.82, 2.24) is 4.58 Å². The van der Waals surface area contributed by atoms with E-state index in [4.69, 9.17) is 4.42 Å². The van der Waals surface area contributed by atoms with Gasteiger partial charge in [-0.05, 0) is 60.9 Å². The van der Waals surface area contributed by atoms with E-state index >= 15 is 0 Å². The molecule has 1 aliphatic carbocycles. The number of anilines is 1. The molecule has 0 saturated heterocycles. The fraction of sp³-hybridized carbons (Fsp3) is 0.158. The molecule has 0 aromatic heterocycles. The molecule has 0 spiro atoms. The largest absolute Gasteiger partial charge is 0.478 e. The van der Waals surface area contributed by atoms with Gasteiger partial charge in [0, 0.05) is 41.4 Å². The number of hydrogen-bond donors (Lipinski definition) is 1. The molecule has 0 saturated carbocycles. The first-order valence-electron chi connectivity index (χ1n) is 14.8. The first-order chi connectivity index (χ1) is 21.1. The summed E-state index contributed by atoms with van der Waals surface area (Å²) in [5.41, 5.74) is 6.84. The summed E-state index contributed by atoms with van der Waals surface area (Å²) in [5.74, 6) is -0.228. The quantitative estimate of drug-likeness (QED) is 0.142. The van der Waals surface area contributed by atoms with E-state index in [0.717, 1.165) is 59.5 Å². The monoisotopic (exact) mass is 567 g/mol. The Bertz CT molecular complexity index is 1880. The van der Waals surface area contributed by atoms with Crippen LogP contribution in [0.15, 0.2) is 126 Å². The van der Waals surface area contributed by atoms with Crippen LogP contribution in [0.25, 0.3) is 33.4 Å². The minimum absolute atomic E-state index is 0.264. The van der Waals surface area contributed by atoms with Crippen molar-refractivity contribution >= 4 is 22.6 Å². The van der Waals surface area contributed by atoms with Gasteiger partial charge in [0.25, 0.3) is 0 Å². The van der Waals surface area contributed by atoms with Crippen LogP contribution in [0.3, 0.4) is 0 Å². The third kappa shape index (κ3) is 5.80. The van der Waals surface area contributed by atoms with Crippen LogP contribution in [0.2, 0.25) is 0 Å². The molecule has 0 unspecified atom stereocenters. The molecule has 0 amide bonds. The third-order valence-electron chi connectivity index (χ3n) is 8.04. The summed E-state index contributed by atoms with van der Waals surface area (Å²) in [6, 6.07) is 40.6. The molecular formula is C38H35N2O3+. The topological polar surface area (TPSA) is 56.7 Å². The first-order valence-corrected chi connectivity index (χ1v) is 14.8. The number of carbonyl (C=O) groups is 1. The standard InChI is InChI=1S/C38H34N2O3/c1-3-39(4-2)30-19-21-33-36(24-30)43-35-22-20-29(23-34(35)37(33)31-17-11-12-18-32(31)38(41)42)40(25-27-13-7-5-8-14-27)26-28-15-9-6-10-16-28/h5-24H,3-4,25-26H2,1-2H3/p+1. The van der Waals surface area contributed by atoms with E-state index in [-0.39, 0.29) is 5.56 Å². The molecule has 43 heavy (non-hydrogen) atoms. The number of fused-ring (bicyclic) bond motifs is 2. The second-order valence-corrected chi connectivity index (χ2v) is 10.7. The van der Waals surface area contributed by atoms with Crippen molar-refractivity contribution < 1.29 is 14.3 Å². The van der Waals surface area contributed by atoms with Crippen LogP contribution in [-0.2, 0) is 13.1 Å². The Labute approximate surface area is 252 Å². The van der Waals surface area contributed by atoms with E-state index in [9.17, 15) is 9.90 Å². The van der Waals surface area contributed by atoms with Gasteiger partial charge < -0.3 is 14.4 Å². The van der Waals surface area contributed by atoms with Crippen LogP contribution < -0.4 is 14.8 Å². The highest BCUT2D eigenvalue weighted by molar-refractivity contribution is 6.08. The second-order valence-electron chi connectivity index (χ2n) is 10.7. The third-order valence-corrected chi connectivity index (χ3v) is 8.04. The summed E-state index contributed by atoms with van der Waals surface area (Å²) in [7, 11) is 0. The number of hydrogen-bond acceptors (Lipinski definition) is 3. The zero-order valence-electron chi connectivity index (χ0n) is 24.5. The van der Waals surface area contributed by atoms with Gasteiger partial charge in [-0.25, -0.2) is 9.37 Å². The van der Waals surface area contributed by atoms with E-state index in [1.807, 2.05) is 30.3 Å². The van der Waals surface area contributed by atoms with Crippen LogP contribution in [0.1, 0.15) is 35.3 Å². The number of nitrogens with zero attached hydrogens (tertiary/aromatic N) is 2. The van der Waals surface area contributed by atoms with Gasteiger partial charge in [-0.1, -0.05) is 78.9 Å². The minimum Gasteiger partial charge on any atom is -0.478 e. The fourth-order valence-electron chi connectivity index (χ4n) is 5.87. The van der Waals surface area contributed by atoms with Crippen molar-refractivity contribution in [2.75, 3.05) is 18.0 Å². The molecule has 1 heterocycles. The molecule has 5 nitrogen and oxygen atoms in total. The maximum atomic E-state index is 12.4. The number of aromatic carboxylic acids is 1. The number of benzene rings is 5. The molecule has 5 heteroatoms. The molecule has 1 aliphatic heterocycles. The number of carboxylic acid groups (broad SMARTS) is 1. The SMILES string of the molecule is CC[N+](CC)=c1ccc2c(-c3ccccc3C(=O)O)c3cc(N(Cc4ccccc4)Cc4ccccc4)ccc3oc-2c1. The molecular weight excluding hydrogens is 532 g/mol. The lowest BCUT2D eigenvalue weighted by molar-refractivity contribution is 0.0697. The van der Waals surface area contributed by atoms with Crippen LogP contribution in [0, 0.1) is 0 Å². The Morgan fingerprint density at radius 3 is 1.98 bits per heavy atom. The lowest BCUT2D eigenvalue weighted by Crippen LogP contribution is -2.29. The minimum atomic E-state index is -0.955. The molecule has 1 N–H and O–H groups in total. The number of rotatable bonds is 9. The van der Waals surface area contributed by atoms with Crippen molar-refractivity contribution in [3.63, 3.8) is 0 Å². The van der Waals surface area contributed by atoms with Crippen molar-refractivity contribution in [1.29, 1.82) is 0 Å². The fourth-order valence-corrected chi connectivity index (χ4v) is 5.87. The Hall–Kier alpha value is -5.16. The summed E-state index contributed by atoms with van der Waals surface area (Å²) in [4.78, 5) is 14.8. The molecule has 214 valence electrons. The zero-order valence-corrected chi connectivity index (χ0v) is 24.5. The maximum absolute atomic E-state index is 12.4. The van der Waals surface area contributed by atoms with Crippen LogP contribution in [0.5, 0.6) is 0 Å². The average molecular weight is 568 g/mol. The molecule has 4 aromatic carbocycles. The summed E-state index contributed by atoms with van der Waals surface area (Å²) < 4.78 is 8.84. The maximum Gasteiger partial charge on any atom is 0.336 e. The van der Waals surface area contributed by atoms with E-state index in [1.54, 1.807) is 12.1 Å². The lowest BCUT2D eigenvalue weighted by atomic mass is 9.90. The zero-order chi connectivity index (χ0) is 29.8. The van der Waals surface area contributed by atoms with Gasteiger partial charge in [-0.3, -0.25) is 0 Å². The molecule has 0 atom stereocenters. The molecule has 2 aliphatic rings. The average Bonchev–Trinajstić information content (AvgIpc) is 3.04. The van der Waals surface area contributed by atoms with E-state index in [2.05, 4.69) is 102 Å². The van der Waals surface area contributed by atoms with Gasteiger partial charge in [0.2, 0.25) is 5.36 Å². The Morgan fingerprint density at radius 2 is 1.35 bits per heavy atom. The van der Waals surface area contributed by atoms with E-state index in [0.29, 0.717) is 11.1 Å². The van der Waals surface area contributed by atoms with Crippen LogP contribution >= 0.6 is 0 Å². The van der Waals surface area contributed by atoms with Gasteiger partial charge in [0.05, 0.1) is 11.6 Å². The Morgan fingerprint density at radius 1 is 0.721 bits per heavy atom. The summed E-state index contributed by atoms with van der Waals surface area (Å²) in [5, 5.41) is 12.1. The highest BCUT2D eigenvalue weighted by Crippen LogP contribution is 2.42. The predicted molar refractivity (Wildman–Crippen MR) is 174 cm³/mol. The Kier molecular flexibility index (Phi) is 8.05. The number of carboxylic acids is 1. The summed E-state index contributed by atoms with van der Waals surface area (Å²) in [6.07, 6.45) is 0. The Balaban J connectivity index is 1.61. The highest BCUT2D eigenvalue weighted by atomic mass is 16.4. The molecule has 0 radical (unpaired) electrons. The highest BCUT2D eigenvalue weighted by Gasteiger charge is 2.23. The normalized spacial score (nSPS) is 11.1. The van der Waals surface area contributed by atoms with Gasteiger partial charge in [-0.15, -0.1) is 0 Å². The molecule has 0 bridgehead atoms. The lowest BCUT2D eigenvalue weighted by Gasteiger charge is -2.26. The van der Waals surface area contributed by atoms with Crippen molar-refractivity contribution in [3.05, 3.63) is 143 Å². The van der Waals surface area contributed by atoms with Crippen LogP contribution in [0.4, 0.5) is 5.69 Å². The first kappa shape index (κ1) is 28.0. The smallest absolute Gasteiger partial charge is 0.336 e. The summed E-state index contributed by atoms with van der Waals surface area (Å²) >= 11 is 0. The predicted octanol–water partition coefficient (Wildman–Crippen LogP) is 7.92. The van der Waals surface area contributed by atoms with Gasteiger partial charge in [-0.2, -0.15) is 0 Å². The van der Waals surface area contributed by atoms with Gasteiger partial charge in [0.1, 0.15) is 24.4 Å². The molecule has 6 rings (SSSR count). The molecule has 0 fully saturated rings. The van der Waals surface area contributed by atoms with Crippen molar-refractivity contribution in [3.8, 4) is 22.5 Å². The van der Waals surface area contributed by atoms with E-state index in [1.165, 1.54) is 11.1 Å². The van der Waals surface area contributed by atoms with E-state index < -0.39 is 5.97 Å². The van der Waals surface area contributed by atoms with Crippen molar-refractivity contribution in [2.24, 2.45) is 0 Å².